The van der Waals surface area contributed by atoms with Crippen LogP contribution in [0.15, 0.2) is 36.4 Å². The number of hydrogen-bond donors (Lipinski definition) is 1. The fraction of sp³-hybridized carbons (Fsp3) is 0.400. The summed E-state index contributed by atoms with van der Waals surface area (Å²) in [5, 5.41) is 2.62. The molecule has 0 aromatic heterocycles. The van der Waals surface area contributed by atoms with Crippen LogP contribution in [0.2, 0.25) is 0 Å². The third-order valence-corrected chi connectivity index (χ3v) is 4.92. The van der Waals surface area contributed by atoms with Gasteiger partial charge in [0, 0.05) is 25.5 Å². The highest BCUT2D eigenvalue weighted by atomic mass is 16.5. The highest BCUT2D eigenvalue weighted by Crippen LogP contribution is 2.34. The molecule has 1 aromatic carbocycles. The van der Waals surface area contributed by atoms with E-state index in [2.05, 4.69) is 5.32 Å². The molecule has 3 rings (SSSR count). The van der Waals surface area contributed by atoms with Crippen LogP contribution in [0.5, 0.6) is 0 Å². The second kappa shape index (κ2) is 8.24. The van der Waals surface area contributed by atoms with E-state index in [9.17, 15) is 19.2 Å². The lowest BCUT2D eigenvalue weighted by Gasteiger charge is -2.14. The van der Waals surface area contributed by atoms with E-state index in [0.717, 1.165) is 10.6 Å². The summed E-state index contributed by atoms with van der Waals surface area (Å²) in [6.07, 6.45) is 4.78. The average Bonchev–Trinajstić information content (AvgIpc) is 2.92. The van der Waals surface area contributed by atoms with Crippen LogP contribution in [-0.4, -0.2) is 55.8 Å². The molecule has 1 aliphatic heterocycles. The molecule has 1 saturated heterocycles. The lowest BCUT2D eigenvalue weighted by Crippen LogP contribution is -2.37. The van der Waals surface area contributed by atoms with Crippen molar-refractivity contribution in [2.75, 3.05) is 37.5 Å². The number of amides is 3. The Morgan fingerprint density at radius 3 is 2.18 bits per heavy atom. The molecule has 1 aromatic rings. The van der Waals surface area contributed by atoms with Gasteiger partial charge in [0.2, 0.25) is 11.8 Å². The minimum absolute atomic E-state index is 0.346. The Hall–Kier alpha value is -3.16. The normalized spacial score (nSPS) is 20.7. The molecule has 0 bridgehead atoms. The zero-order valence-electron chi connectivity index (χ0n) is 15.9. The number of hydrogen-bond acceptors (Lipinski definition) is 6. The molecule has 8 nitrogen and oxygen atoms in total. The van der Waals surface area contributed by atoms with Crippen molar-refractivity contribution in [3.8, 4) is 0 Å². The number of imide groups is 1. The van der Waals surface area contributed by atoms with Crippen molar-refractivity contribution in [3.63, 3.8) is 0 Å². The standard InChI is InChI=1S/C20H23N3O5/c1-22(2)14-9-7-13(8-10-14)21-17(24)12-28-18(25)11-23-19(26)15-5-3-4-6-16(15)20(23)27/h3-4,7-10,15-16H,5-6,11-12H2,1-2H3,(H,21,24)/t15-,16+. The van der Waals surface area contributed by atoms with Crippen LogP contribution in [-0.2, 0) is 23.9 Å². The van der Waals surface area contributed by atoms with Gasteiger partial charge in [-0.25, -0.2) is 0 Å². The van der Waals surface area contributed by atoms with Crippen LogP contribution in [0, 0.1) is 11.8 Å². The molecule has 8 heteroatoms. The Labute approximate surface area is 163 Å². The van der Waals surface area contributed by atoms with Gasteiger partial charge in [0.1, 0.15) is 6.54 Å². The minimum Gasteiger partial charge on any atom is -0.454 e. The van der Waals surface area contributed by atoms with Gasteiger partial charge >= 0.3 is 5.97 Å². The fourth-order valence-electron chi connectivity index (χ4n) is 3.39. The van der Waals surface area contributed by atoms with Gasteiger partial charge in [-0.2, -0.15) is 0 Å². The third kappa shape index (κ3) is 4.21. The summed E-state index contributed by atoms with van der Waals surface area (Å²) in [4.78, 5) is 51.5. The van der Waals surface area contributed by atoms with Crippen molar-refractivity contribution in [3.05, 3.63) is 36.4 Å². The minimum atomic E-state index is -0.786. The Morgan fingerprint density at radius 2 is 1.64 bits per heavy atom. The number of fused-ring (bicyclic) bond motifs is 1. The van der Waals surface area contributed by atoms with Crippen LogP contribution in [0.25, 0.3) is 0 Å². The number of esters is 1. The molecule has 0 radical (unpaired) electrons. The van der Waals surface area contributed by atoms with Gasteiger partial charge in [-0.15, -0.1) is 0 Å². The summed E-state index contributed by atoms with van der Waals surface area (Å²) in [5.41, 5.74) is 1.56. The summed E-state index contributed by atoms with van der Waals surface area (Å²) < 4.78 is 4.93. The number of likely N-dealkylation sites (tertiary alicyclic amines) is 1. The van der Waals surface area contributed by atoms with E-state index in [1.54, 1.807) is 12.1 Å². The highest BCUT2D eigenvalue weighted by Gasteiger charge is 2.47. The lowest BCUT2D eigenvalue weighted by atomic mass is 9.85. The van der Waals surface area contributed by atoms with Crippen LogP contribution in [0.4, 0.5) is 11.4 Å². The Bertz CT molecular complexity index is 790. The molecule has 28 heavy (non-hydrogen) atoms. The van der Waals surface area contributed by atoms with Gasteiger partial charge in [0.05, 0.1) is 11.8 Å². The molecular formula is C20H23N3O5. The van der Waals surface area contributed by atoms with E-state index in [4.69, 9.17) is 4.74 Å². The second-order valence-corrected chi connectivity index (χ2v) is 7.07. The van der Waals surface area contributed by atoms with Gasteiger partial charge < -0.3 is 15.0 Å². The predicted molar refractivity (Wildman–Crippen MR) is 102 cm³/mol. The number of ether oxygens (including phenoxy) is 1. The zero-order chi connectivity index (χ0) is 20.3. The zero-order valence-corrected chi connectivity index (χ0v) is 15.9. The van der Waals surface area contributed by atoms with Crippen molar-refractivity contribution in [2.24, 2.45) is 11.8 Å². The molecule has 1 fully saturated rings. The first kappa shape index (κ1) is 19.6. The quantitative estimate of drug-likeness (QED) is 0.449. The number of carbonyl (C=O) groups is 4. The van der Waals surface area contributed by atoms with Gasteiger partial charge in [0.25, 0.3) is 5.91 Å². The number of rotatable bonds is 6. The number of allylic oxidation sites excluding steroid dienone is 2. The smallest absolute Gasteiger partial charge is 0.326 e. The molecule has 2 aliphatic rings. The number of benzene rings is 1. The molecule has 1 N–H and O–H groups in total. The number of anilines is 2. The summed E-state index contributed by atoms with van der Waals surface area (Å²) in [5.74, 6) is -2.75. The number of nitrogens with one attached hydrogen (secondary N) is 1. The second-order valence-electron chi connectivity index (χ2n) is 7.07. The van der Waals surface area contributed by atoms with Gasteiger partial charge in [-0.05, 0) is 37.1 Å². The maximum Gasteiger partial charge on any atom is 0.326 e. The van der Waals surface area contributed by atoms with E-state index >= 15 is 0 Å². The van der Waals surface area contributed by atoms with Gasteiger partial charge in [-0.1, -0.05) is 12.2 Å². The Balaban J connectivity index is 1.47. The van der Waals surface area contributed by atoms with E-state index in [1.807, 2.05) is 43.3 Å². The van der Waals surface area contributed by atoms with Crippen molar-refractivity contribution >= 4 is 35.1 Å². The highest BCUT2D eigenvalue weighted by molar-refractivity contribution is 6.07. The molecular weight excluding hydrogens is 362 g/mol. The van der Waals surface area contributed by atoms with Crippen LogP contribution in [0.1, 0.15) is 12.8 Å². The SMILES string of the molecule is CN(C)c1ccc(NC(=O)COC(=O)CN2C(=O)[C@H]3CC=CC[C@H]3C2=O)cc1. The third-order valence-electron chi connectivity index (χ3n) is 4.92. The first-order valence-electron chi connectivity index (χ1n) is 9.10. The van der Waals surface area contributed by atoms with E-state index in [0.29, 0.717) is 18.5 Å². The van der Waals surface area contributed by atoms with E-state index < -0.39 is 36.9 Å². The van der Waals surface area contributed by atoms with Crippen molar-refractivity contribution in [1.29, 1.82) is 0 Å². The van der Waals surface area contributed by atoms with Crippen LogP contribution < -0.4 is 10.2 Å². The summed E-state index contributed by atoms with van der Waals surface area (Å²) >= 11 is 0. The van der Waals surface area contributed by atoms with Crippen LogP contribution in [0.3, 0.4) is 0 Å². The molecule has 148 valence electrons. The van der Waals surface area contributed by atoms with Crippen LogP contribution >= 0.6 is 0 Å². The number of nitrogens with zero attached hydrogens (tertiary/aromatic N) is 2. The van der Waals surface area contributed by atoms with E-state index in [-0.39, 0.29) is 11.8 Å². The van der Waals surface area contributed by atoms with E-state index in [1.165, 1.54) is 0 Å². The topological polar surface area (TPSA) is 96.0 Å². The van der Waals surface area contributed by atoms with Crippen molar-refractivity contribution < 1.29 is 23.9 Å². The largest absolute Gasteiger partial charge is 0.454 e. The lowest BCUT2D eigenvalue weighted by molar-refractivity contribution is -0.154. The molecule has 0 saturated carbocycles. The fourth-order valence-corrected chi connectivity index (χ4v) is 3.39. The Morgan fingerprint density at radius 1 is 1.07 bits per heavy atom. The van der Waals surface area contributed by atoms with Gasteiger partial charge in [0.15, 0.2) is 6.61 Å². The van der Waals surface area contributed by atoms with Crippen molar-refractivity contribution in [1.82, 2.24) is 4.90 Å². The predicted octanol–water partition coefficient (Wildman–Crippen LogP) is 1.19. The first-order chi connectivity index (χ1) is 13.4. The molecule has 2 atom stereocenters. The number of carbonyl (C=O) groups excluding carboxylic acids is 4. The molecule has 1 aliphatic carbocycles. The van der Waals surface area contributed by atoms with Crippen molar-refractivity contribution in [2.45, 2.75) is 12.8 Å². The summed E-state index contributed by atoms with van der Waals surface area (Å²) in [6.45, 7) is -0.950. The first-order valence-corrected chi connectivity index (χ1v) is 9.10. The molecule has 3 amide bonds. The average molecular weight is 385 g/mol. The maximum absolute atomic E-state index is 12.3. The monoisotopic (exact) mass is 385 g/mol. The summed E-state index contributed by atoms with van der Waals surface area (Å²) in [6, 6.07) is 7.18. The summed E-state index contributed by atoms with van der Waals surface area (Å²) in [7, 11) is 3.82. The Kier molecular flexibility index (Phi) is 5.77. The molecule has 0 unspecified atom stereocenters. The molecule has 1 heterocycles. The maximum atomic E-state index is 12.3. The van der Waals surface area contributed by atoms with Gasteiger partial charge in [-0.3, -0.25) is 24.1 Å². The molecule has 0 spiro atoms.